The van der Waals surface area contributed by atoms with Gasteiger partial charge in [0.1, 0.15) is 11.9 Å². The third-order valence-electron chi connectivity index (χ3n) is 2.98. The van der Waals surface area contributed by atoms with Crippen LogP contribution in [-0.2, 0) is 0 Å². The summed E-state index contributed by atoms with van der Waals surface area (Å²) in [6, 6.07) is 11.6. The molecule has 19 heavy (non-hydrogen) atoms. The molecule has 2 rings (SSSR count). The van der Waals surface area contributed by atoms with E-state index >= 15 is 0 Å². The predicted molar refractivity (Wildman–Crippen MR) is 82.1 cm³/mol. The Kier molecular flexibility index (Phi) is 4.86. The van der Waals surface area contributed by atoms with Gasteiger partial charge in [-0.3, -0.25) is 0 Å². The lowest BCUT2D eigenvalue weighted by atomic mass is 10.1. The number of hydrogen-bond donors (Lipinski definition) is 1. The number of thiophene rings is 1. The molecule has 1 heterocycles. The molecule has 0 aliphatic carbocycles. The van der Waals surface area contributed by atoms with Crippen LogP contribution in [0.1, 0.15) is 29.2 Å². The normalized spacial score (nSPS) is 14.1. The Balaban J connectivity index is 2.21. The summed E-state index contributed by atoms with van der Waals surface area (Å²) >= 11 is 7.61. The average Bonchev–Trinajstić information content (AvgIpc) is 2.83. The standard InChI is InChI=1S/C15H18ClNOS/c1-3-13(17)15(14-9-4-10(2)19-14)18-12-7-5-11(16)6-8-12/h4-9,13,15H,3,17H2,1-2H3. The van der Waals surface area contributed by atoms with Gasteiger partial charge in [0.25, 0.3) is 0 Å². The van der Waals surface area contributed by atoms with Crippen LogP contribution in [-0.4, -0.2) is 6.04 Å². The number of hydrogen-bond acceptors (Lipinski definition) is 3. The Hall–Kier alpha value is -1.03. The summed E-state index contributed by atoms with van der Waals surface area (Å²) in [5.74, 6) is 0.796. The van der Waals surface area contributed by atoms with E-state index in [1.807, 2.05) is 24.3 Å². The van der Waals surface area contributed by atoms with Gasteiger partial charge in [-0.05, 0) is 49.7 Å². The molecule has 4 heteroatoms. The van der Waals surface area contributed by atoms with E-state index < -0.39 is 0 Å². The van der Waals surface area contributed by atoms with Crippen molar-refractivity contribution in [1.29, 1.82) is 0 Å². The highest BCUT2D eigenvalue weighted by molar-refractivity contribution is 7.12. The van der Waals surface area contributed by atoms with Crippen molar-refractivity contribution in [2.24, 2.45) is 5.73 Å². The molecule has 2 N–H and O–H groups in total. The zero-order valence-electron chi connectivity index (χ0n) is 11.1. The summed E-state index contributed by atoms with van der Waals surface area (Å²) in [4.78, 5) is 2.44. The Morgan fingerprint density at radius 1 is 1.21 bits per heavy atom. The third-order valence-corrected chi connectivity index (χ3v) is 4.29. The van der Waals surface area contributed by atoms with Crippen LogP contribution in [0.15, 0.2) is 36.4 Å². The molecule has 1 aromatic heterocycles. The highest BCUT2D eigenvalue weighted by atomic mass is 35.5. The molecule has 0 amide bonds. The molecule has 0 radical (unpaired) electrons. The molecule has 0 saturated heterocycles. The van der Waals surface area contributed by atoms with E-state index in [4.69, 9.17) is 22.1 Å². The van der Waals surface area contributed by atoms with Crippen LogP contribution in [0, 0.1) is 6.92 Å². The van der Waals surface area contributed by atoms with Crippen LogP contribution in [0.4, 0.5) is 0 Å². The minimum absolute atomic E-state index is 0.0197. The fourth-order valence-electron chi connectivity index (χ4n) is 1.84. The molecule has 2 atom stereocenters. The summed E-state index contributed by atoms with van der Waals surface area (Å²) in [7, 11) is 0. The van der Waals surface area contributed by atoms with Crippen molar-refractivity contribution in [3.05, 3.63) is 51.2 Å². The van der Waals surface area contributed by atoms with Crippen LogP contribution in [0.3, 0.4) is 0 Å². The maximum atomic E-state index is 6.19. The van der Waals surface area contributed by atoms with E-state index in [-0.39, 0.29) is 12.1 Å². The minimum Gasteiger partial charge on any atom is -0.483 e. The first-order valence-corrected chi connectivity index (χ1v) is 7.53. The second-order valence-corrected chi connectivity index (χ2v) is 6.27. The lowest BCUT2D eigenvalue weighted by Gasteiger charge is -2.23. The van der Waals surface area contributed by atoms with Gasteiger partial charge in [-0.1, -0.05) is 18.5 Å². The molecule has 1 aromatic carbocycles. The van der Waals surface area contributed by atoms with Crippen molar-refractivity contribution in [1.82, 2.24) is 0 Å². The zero-order chi connectivity index (χ0) is 13.8. The molecule has 0 aliphatic rings. The molecular formula is C15H18ClNOS. The summed E-state index contributed by atoms with van der Waals surface area (Å²) < 4.78 is 6.05. The fraction of sp³-hybridized carbons (Fsp3) is 0.333. The fourth-order valence-corrected chi connectivity index (χ4v) is 2.95. The van der Waals surface area contributed by atoms with Crippen molar-refractivity contribution in [2.75, 3.05) is 0 Å². The Morgan fingerprint density at radius 2 is 1.89 bits per heavy atom. The highest BCUT2D eigenvalue weighted by Crippen LogP contribution is 2.30. The van der Waals surface area contributed by atoms with Gasteiger partial charge in [-0.15, -0.1) is 11.3 Å². The molecule has 2 unspecified atom stereocenters. The van der Waals surface area contributed by atoms with Gasteiger partial charge in [0.15, 0.2) is 0 Å². The lowest BCUT2D eigenvalue weighted by Crippen LogP contribution is -2.30. The van der Waals surface area contributed by atoms with E-state index in [2.05, 4.69) is 26.0 Å². The van der Waals surface area contributed by atoms with E-state index in [0.29, 0.717) is 5.02 Å². The summed E-state index contributed by atoms with van der Waals surface area (Å²) in [5.41, 5.74) is 6.19. The first-order chi connectivity index (χ1) is 9.10. The van der Waals surface area contributed by atoms with E-state index in [1.54, 1.807) is 11.3 Å². The van der Waals surface area contributed by atoms with E-state index in [9.17, 15) is 0 Å². The van der Waals surface area contributed by atoms with Gasteiger partial charge < -0.3 is 10.5 Å². The Labute approximate surface area is 123 Å². The van der Waals surface area contributed by atoms with E-state index in [1.165, 1.54) is 9.75 Å². The third kappa shape index (κ3) is 3.72. The van der Waals surface area contributed by atoms with Crippen LogP contribution in [0.25, 0.3) is 0 Å². The van der Waals surface area contributed by atoms with E-state index in [0.717, 1.165) is 12.2 Å². The number of aryl methyl sites for hydroxylation is 1. The first kappa shape index (κ1) is 14.4. The number of nitrogens with two attached hydrogens (primary N) is 1. The van der Waals surface area contributed by atoms with Gasteiger partial charge >= 0.3 is 0 Å². The smallest absolute Gasteiger partial charge is 0.148 e. The minimum atomic E-state index is -0.107. The second-order valence-electron chi connectivity index (χ2n) is 4.51. The van der Waals surface area contributed by atoms with Crippen molar-refractivity contribution >= 4 is 22.9 Å². The average molecular weight is 296 g/mol. The highest BCUT2D eigenvalue weighted by Gasteiger charge is 2.22. The second kappa shape index (κ2) is 6.42. The van der Waals surface area contributed by atoms with Gasteiger partial charge in [0.2, 0.25) is 0 Å². The summed E-state index contributed by atoms with van der Waals surface area (Å²) in [5, 5.41) is 0.704. The number of halogens is 1. The molecule has 0 aliphatic heterocycles. The maximum absolute atomic E-state index is 6.19. The molecule has 0 saturated carbocycles. The van der Waals surface area contributed by atoms with Gasteiger partial charge in [-0.25, -0.2) is 0 Å². The van der Waals surface area contributed by atoms with Crippen LogP contribution in [0.2, 0.25) is 5.02 Å². The zero-order valence-corrected chi connectivity index (χ0v) is 12.7. The largest absolute Gasteiger partial charge is 0.483 e. The Bertz CT molecular complexity index is 523. The van der Waals surface area contributed by atoms with Gasteiger partial charge in [-0.2, -0.15) is 0 Å². The topological polar surface area (TPSA) is 35.2 Å². The summed E-state index contributed by atoms with van der Waals surface area (Å²) in [6.07, 6.45) is 0.764. The number of benzene rings is 1. The Morgan fingerprint density at radius 3 is 2.42 bits per heavy atom. The molecule has 0 bridgehead atoms. The molecular weight excluding hydrogens is 278 g/mol. The molecule has 2 nitrogen and oxygen atoms in total. The summed E-state index contributed by atoms with van der Waals surface area (Å²) in [6.45, 7) is 4.16. The SMILES string of the molecule is CCC(N)C(Oc1ccc(Cl)cc1)c1ccc(C)s1. The quantitative estimate of drug-likeness (QED) is 0.877. The van der Waals surface area contributed by atoms with Gasteiger partial charge in [0.05, 0.1) is 0 Å². The van der Waals surface area contributed by atoms with Crippen LogP contribution >= 0.6 is 22.9 Å². The molecule has 0 fully saturated rings. The first-order valence-electron chi connectivity index (χ1n) is 6.34. The van der Waals surface area contributed by atoms with Crippen LogP contribution in [0.5, 0.6) is 5.75 Å². The number of rotatable bonds is 5. The van der Waals surface area contributed by atoms with Crippen LogP contribution < -0.4 is 10.5 Å². The van der Waals surface area contributed by atoms with Crippen molar-refractivity contribution in [3.63, 3.8) is 0 Å². The molecule has 2 aromatic rings. The molecule has 0 spiro atoms. The van der Waals surface area contributed by atoms with Gasteiger partial charge in [0, 0.05) is 20.8 Å². The number of ether oxygens (including phenoxy) is 1. The van der Waals surface area contributed by atoms with Crippen molar-refractivity contribution in [2.45, 2.75) is 32.4 Å². The lowest BCUT2D eigenvalue weighted by molar-refractivity contribution is 0.174. The van der Waals surface area contributed by atoms with Crippen molar-refractivity contribution < 1.29 is 4.74 Å². The molecule has 102 valence electrons. The maximum Gasteiger partial charge on any atom is 0.148 e. The predicted octanol–water partition coefficient (Wildman–Crippen LogP) is 4.57. The monoisotopic (exact) mass is 295 g/mol. The van der Waals surface area contributed by atoms with Crippen molar-refractivity contribution in [3.8, 4) is 5.75 Å².